The monoisotopic (exact) mass is 450 g/mol. The minimum atomic E-state index is -0.805. The number of aliphatic hydroxyl groups excluding tert-OH is 2. The molecule has 5 N–H and O–H groups in total. The number of hydrogen-bond donors (Lipinski definition) is 4. The third-order valence-corrected chi connectivity index (χ3v) is 5.57. The first-order valence-corrected chi connectivity index (χ1v) is 10.7. The molecule has 32 heavy (non-hydrogen) atoms. The molecule has 4 aromatic rings. The van der Waals surface area contributed by atoms with Crippen molar-refractivity contribution in [1.29, 1.82) is 0 Å². The summed E-state index contributed by atoms with van der Waals surface area (Å²) in [5.74, 6) is 0.925. The quantitative estimate of drug-likeness (QED) is 0.301. The molecule has 0 amide bonds. The van der Waals surface area contributed by atoms with Crippen LogP contribution in [0, 0.1) is 0 Å². The largest absolute Gasteiger partial charge is 0.485 e. The SMILES string of the molecule is CN=C/C(=C\N)c1cc(OC(CO)CO)c2c(Nc3ccc4ncsc4c3)ncnc2c1. The summed E-state index contributed by atoms with van der Waals surface area (Å²) in [7, 11) is 1.65. The van der Waals surface area contributed by atoms with Gasteiger partial charge in [-0.05, 0) is 35.9 Å². The molecule has 0 saturated carbocycles. The lowest BCUT2D eigenvalue weighted by molar-refractivity contribution is 0.0640. The van der Waals surface area contributed by atoms with Gasteiger partial charge in [-0.1, -0.05) is 0 Å². The van der Waals surface area contributed by atoms with Crippen molar-refractivity contribution in [3.63, 3.8) is 0 Å². The first kappa shape index (κ1) is 21.6. The molecule has 0 fully saturated rings. The maximum Gasteiger partial charge on any atom is 0.145 e. The number of allylic oxidation sites excluding steroid dienone is 1. The number of nitrogens with one attached hydrogen (secondary N) is 1. The fourth-order valence-electron chi connectivity index (χ4n) is 3.24. The first-order chi connectivity index (χ1) is 15.7. The maximum absolute atomic E-state index is 9.56. The topological polar surface area (TPSA) is 139 Å². The predicted molar refractivity (Wildman–Crippen MR) is 128 cm³/mol. The van der Waals surface area contributed by atoms with E-state index in [-0.39, 0.29) is 13.2 Å². The predicted octanol–water partition coefficient (Wildman–Crippen LogP) is 2.72. The maximum atomic E-state index is 9.56. The van der Waals surface area contributed by atoms with Gasteiger partial charge in [0.1, 0.15) is 24.0 Å². The van der Waals surface area contributed by atoms with E-state index in [1.807, 2.05) is 24.3 Å². The van der Waals surface area contributed by atoms with Crippen LogP contribution < -0.4 is 15.8 Å². The lowest BCUT2D eigenvalue weighted by Gasteiger charge is -2.19. The van der Waals surface area contributed by atoms with E-state index < -0.39 is 6.10 Å². The Hall–Kier alpha value is -3.60. The standard InChI is InChI=1S/C22H22N6O3S/c1-24-8-14(7-23)13-4-18-21(19(5-13)31-16(9-29)10-30)22(26-11-25-18)28-15-2-3-17-20(6-15)32-12-27-17/h2-8,11-12,16,29-30H,9-10,23H2,1H3,(H,25,26,28)/b14-7+,24-8?. The van der Waals surface area contributed by atoms with Crippen LogP contribution in [0.3, 0.4) is 0 Å². The van der Waals surface area contributed by atoms with Crippen LogP contribution >= 0.6 is 11.3 Å². The molecule has 0 aliphatic carbocycles. The molecular weight excluding hydrogens is 428 g/mol. The average Bonchev–Trinajstić information content (AvgIpc) is 3.28. The summed E-state index contributed by atoms with van der Waals surface area (Å²) in [5, 5.41) is 23.1. The van der Waals surface area contributed by atoms with Crippen LogP contribution in [0.25, 0.3) is 26.7 Å². The van der Waals surface area contributed by atoms with E-state index in [4.69, 9.17) is 10.5 Å². The summed E-state index contributed by atoms with van der Waals surface area (Å²) in [4.78, 5) is 17.2. The Kier molecular flexibility index (Phi) is 6.55. The number of aromatic nitrogens is 3. The zero-order valence-electron chi connectivity index (χ0n) is 17.3. The second kappa shape index (κ2) is 9.69. The minimum Gasteiger partial charge on any atom is -0.485 e. The number of nitrogens with two attached hydrogens (primary N) is 1. The van der Waals surface area contributed by atoms with Crippen LogP contribution in [0.2, 0.25) is 0 Å². The van der Waals surface area contributed by atoms with Crippen LogP contribution in [-0.4, -0.2) is 57.7 Å². The number of aliphatic hydroxyl groups is 2. The smallest absolute Gasteiger partial charge is 0.145 e. The van der Waals surface area contributed by atoms with Crippen molar-refractivity contribution in [3.05, 3.63) is 53.9 Å². The van der Waals surface area contributed by atoms with E-state index in [0.717, 1.165) is 21.5 Å². The highest BCUT2D eigenvalue weighted by atomic mass is 32.1. The van der Waals surface area contributed by atoms with Crippen molar-refractivity contribution in [2.75, 3.05) is 25.6 Å². The molecule has 4 rings (SSSR count). The van der Waals surface area contributed by atoms with E-state index in [1.165, 1.54) is 12.5 Å². The summed E-state index contributed by atoms with van der Waals surface area (Å²) < 4.78 is 6.98. The second-order valence-electron chi connectivity index (χ2n) is 6.86. The second-order valence-corrected chi connectivity index (χ2v) is 7.75. The molecule has 0 radical (unpaired) electrons. The molecule has 10 heteroatoms. The average molecular weight is 451 g/mol. The lowest BCUT2D eigenvalue weighted by atomic mass is 10.0. The van der Waals surface area contributed by atoms with Gasteiger partial charge in [0.25, 0.3) is 0 Å². The number of fused-ring (bicyclic) bond motifs is 2. The molecule has 2 aromatic carbocycles. The van der Waals surface area contributed by atoms with Crippen molar-refractivity contribution in [1.82, 2.24) is 15.0 Å². The number of aliphatic imine (C=N–C) groups is 1. The molecule has 2 heterocycles. The number of benzene rings is 2. The molecule has 0 bridgehead atoms. The fraction of sp³-hybridized carbons (Fsp3) is 0.182. The molecule has 0 atom stereocenters. The van der Waals surface area contributed by atoms with E-state index in [9.17, 15) is 10.2 Å². The van der Waals surface area contributed by atoms with Crippen LogP contribution in [-0.2, 0) is 0 Å². The first-order valence-electron chi connectivity index (χ1n) is 9.78. The summed E-state index contributed by atoms with van der Waals surface area (Å²) in [6, 6.07) is 9.47. The molecule has 2 aromatic heterocycles. The van der Waals surface area contributed by atoms with Gasteiger partial charge >= 0.3 is 0 Å². The molecule has 0 aliphatic rings. The normalized spacial score (nSPS) is 12.3. The van der Waals surface area contributed by atoms with Crippen LogP contribution in [0.4, 0.5) is 11.5 Å². The lowest BCUT2D eigenvalue weighted by Crippen LogP contribution is -2.25. The molecular formula is C22H22N6O3S. The van der Waals surface area contributed by atoms with Gasteiger partial charge in [-0.25, -0.2) is 15.0 Å². The van der Waals surface area contributed by atoms with Crippen LogP contribution in [0.1, 0.15) is 5.56 Å². The Balaban J connectivity index is 1.85. The van der Waals surface area contributed by atoms with Gasteiger partial charge < -0.3 is 26.0 Å². The number of anilines is 2. The van der Waals surface area contributed by atoms with Crippen LogP contribution in [0.15, 0.2) is 53.4 Å². The highest BCUT2D eigenvalue weighted by molar-refractivity contribution is 7.16. The number of rotatable bonds is 8. The Morgan fingerprint density at radius 3 is 2.78 bits per heavy atom. The van der Waals surface area contributed by atoms with E-state index in [1.54, 1.807) is 36.2 Å². The zero-order valence-corrected chi connectivity index (χ0v) is 18.1. The molecule has 0 unspecified atom stereocenters. The zero-order chi connectivity index (χ0) is 22.5. The van der Waals surface area contributed by atoms with Crippen molar-refractivity contribution >= 4 is 55.7 Å². The third kappa shape index (κ3) is 4.37. The number of ether oxygens (including phenoxy) is 1. The fourth-order valence-corrected chi connectivity index (χ4v) is 3.96. The van der Waals surface area contributed by atoms with Gasteiger partial charge in [-0.2, -0.15) is 0 Å². The third-order valence-electron chi connectivity index (χ3n) is 4.78. The molecule has 0 spiro atoms. The van der Waals surface area contributed by atoms with Gasteiger partial charge in [-0.3, -0.25) is 4.99 Å². The van der Waals surface area contributed by atoms with Crippen LogP contribution in [0.5, 0.6) is 5.75 Å². The van der Waals surface area contributed by atoms with E-state index in [0.29, 0.717) is 28.0 Å². The molecule has 164 valence electrons. The minimum absolute atomic E-state index is 0.350. The van der Waals surface area contributed by atoms with Gasteiger partial charge in [0.15, 0.2) is 0 Å². The summed E-state index contributed by atoms with van der Waals surface area (Å²) in [6.45, 7) is -0.701. The molecule has 0 saturated heterocycles. The molecule has 0 aliphatic heterocycles. The number of nitrogens with zero attached hydrogens (tertiary/aromatic N) is 4. The van der Waals surface area contributed by atoms with Crippen molar-refractivity contribution in [3.8, 4) is 5.75 Å². The van der Waals surface area contributed by atoms with E-state index in [2.05, 4.69) is 25.3 Å². The highest BCUT2D eigenvalue weighted by Gasteiger charge is 2.17. The highest BCUT2D eigenvalue weighted by Crippen LogP contribution is 2.35. The van der Waals surface area contributed by atoms with Gasteiger partial charge in [0, 0.05) is 30.7 Å². The van der Waals surface area contributed by atoms with E-state index >= 15 is 0 Å². The van der Waals surface area contributed by atoms with Crippen molar-refractivity contribution in [2.24, 2.45) is 10.7 Å². The van der Waals surface area contributed by atoms with Gasteiger partial charge in [0.05, 0.1) is 39.8 Å². The number of thiazole rings is 1. The summed E-state index contributed by atoms with van der Waals surface area (Å²) in [6.07, 6.45) is 3.72. The summed E-state index contributed by atoms with van der Waals surface area (Å²) >= 11 is 1.55. The van der Waals surface area contributed by atoms with Crippen molar-refractivity contribution < 1.29 is 14.9 Å². The number of hydrogen-bond acceptors (Lipinski definition) is 10. The Bertz CT molecular complexity index is 1300. The van der Waals surface area contributed by atoms with Gasteiger partial charge in [0.2, 0.25) is 0 Å². The Morgan fingerprint density at radius 2 is 2.03 bits per heavy atom. The van der Waals surface area contributed by atoms with Crippen molar-refractivity contribution in [2.45, 2.75) is 6.10 Å². The summed E-state index contributed by atoms with van der Waals surface area (Å²) in [5.41, 5.74) is 11.3. The molecule has 9 nitrogen and oxygen atoms in total. The Labute approximate surface area is 188 Å². The van der Waals surface area contributed by atoms with Gasteiger partial charge in [-0.15, -0.1) is 11.3 Å². The Morgan fingerprint density at radius 1 is 1.19 bits per heavy atom.